The summed E-state index contributed by atoms with van der Waals surface area (Å²) in [6.07, 6.45) is 0. The fraction of sp³-hybridized carbons (Fsp3) is 0.105. The molecule has 9 heteroatoms. The SMILES string of the molecule is O=c1cc(CNc2cccc(Cl)c2)nc2nc(NCc3ccc(F)cc3)[nH]n12. The lowest BCUT2D eigenvalue weighted by molar-refractivity contribution is 0.627. The third kappa shape index (κ3) is 4.12. The van der Waals surface area contributed by atoms with Gasteiger partial charge in [0, 0.05) is 23.3 Å². The summed E-state index contributed by atoms with van der Waals surface area (Å²) in [6, 6.07) is 14.9. The highest BCUT2D eigenvalue weighted by Gasteiger charge is 2.08. The summed E-state index contributed by atoms with van der Waals surface area (Å²) in [5.41, 5.74) is 2.00. The van der Waals surface area contributed by atoms with Gasteiger partial charge in [-0.15, -0.1) is 0 Å². The first-order valence-electron chi connectivity index (χ1n) is 8.53. The second-order valence-corrected chi connectivity index (χ2v) is 6.57. The molecular weight excluding hydrogens is 383 g/mol. The number of hydrogen-bond acceptors (Lipinski definition) is 5. The van der Waals surface area contributed by atoms with E-state index in [0.29, 0.717) is 29.8 Å². The number of aromatic nitrogens is 4. The van der Waals surface area contributed by atoms with Gasteiger partial charge in [-0.2, -0.15) is 9.50 Å². The van der Waals surface area contributed by atoms with E-state index in [1.165, 1.54) is 22.7 Å². The second-order valence-electron chi connectivity index (χ2n) is 6.14. The monoisotopic (exact) mass is 398 g/mol. The summed E-state index contributed by atoms with van der Waals surface area (Å²) in [5.74, 6) is 0.369. The predicted molar refractivity (Wildman–Crippen MR) is 106 cm³/mol. The molecule has 0 radical (unpaired) electrons. The Bertz CT molecular complexity index is 1170. The predicted octanol–water partition coefficient (Wildman–Crippen LogP) is 3.43. The molecule has 7 nitrogen and oxygen atoms in total. The minimum absolute atomic E-state index is 0.261. The molecule has 2 heterocycles. The van der Waals surface area contributed by atoms with Crippen LogP contribution >= 0.6 is 11.6 Å². The van der Waals surface area contributed by atoms with E-state index in [0.717, 1.165) is 11.3 Å². The molecule has 0 unspecified atom stereocenters. The molecule has 0 saturated carbocycles. The van der Waals surface area contributed by atoms with Gasteiger partial charge in [-0.1, -0.05) is 29.8 Å². The van der Waals surface area contributed by atoms with Gasteiger partial charge in [0.2, 0.25) is 5.95 Å². The Morgan fingerprint density at radius 3 is 2.64 bits per heavy atom. The average Bonchev–Trinajstić information content (AvgIpc) is 3.10. The largest absolute Gasteiger partial charge is 0.379 e. The van der Waals surface area contributed by atoms with Gasteiger partial charge in [0.25, 0.3) is 11.3 Å². The Hall–Kier alpha value is -3.39. The number of benzene rings is 2. The molecule has 0 spiro atoms. The van der Waals surface area contributed by atoms with Gasteiger partial charge >= 0.3 is 0 Å². The number of hydrogen-bond donors (Lipinski definition) is 3. The van der Waals surface area contributed by atoms with Crippen molar-refractivity contribution in [1.82, 2.24) is 19.6 Å². The average molecular weight is 399 g/mol. The summed E-state index contributed by atoms with van der Waals surface area (Å²) < 4.78 is 14.2. The Kier molecular flexibility index (Phi) is 4.94. The van der Waals surface area contributed by atoms with E-state index in [4.69, 9.17) is 11.6 Å². The lowest BCUT2D eigenvalue weighted by Crippen LogP contribution is -2.17. The van der Waals surface area contributed by atoms with Gasteiger partial charge in [0.15, 0.2) is 0 Å². The van der Waals surface area contributed by atoms with Gasteiger partial charge in [0.05, 0.1) is 12.2 Å². The smallest absolute Gasteiger partial charge is 0.274 e. The van der Waals surface area contributed by atoms with Crippen molar-refractivity contribution >= 4 is 29.0 Å². The van der Waals surface area contributed by atoms with Crippen LogP contribution in [0.2, 0.25) is 5.02 Å². The molecule has 3 N–H and O–H groups in total. The van der Waals surface area contributed by atoms with E-state index in [9.17, 15) is 9.18 Å². The summed E-state index contributed by atoms with van der Waals surface area (Å²) in [7, 11) is 0. The minimum Gasteiger partial charge on any atom is -0.379 e. The summed E-state index contributed by atoms with van der Waals surface area (Å²) in [6.45, 7) is 0.787. The van der Waals surface area contributed by atoms with Crippen molar-refractivity contribution in [1.29, 1.82) is 0 Å². The van der Waals surface area contributed by atoms with Crippen LogP contribution in [0.5, 0.6) is 0 Å². The molecule has 0 saturated heterocycles. The van der Waals surface area contributed by atoms with Gasteiger partial charge in [-0.3, -0.25) is 9.89 Å². The molecule has 0 aliphatic heterocycles. The van der Waals surface area contributed by atoms with E-state index in [2.05, 4.69) is 25.7 Å². The summed E-state index contributed by atoms with van der Waals surface area (Å²) in [5, 5.41) is 9.72. The van der Waals surface area contributed by atoms with Crippen LogP contribution in [0.3, 0.4) is 0 Å². The standard InChI is InChI=1S/C19H16ClFN6O/c20-13-2-1-3-15(8-13)22-11-16-9-17(28)27-19(24-16)25-18(26-27)23-10-12-4-6-14(21)7-5-12/h1-9,22H,10-11H2,(H2,23,24,25,26). The first-order chi connectivity index (χ1) is 13.6. The minimum atomic E-state index is -0.290. The highest BCUT2D eigenvalue weighted by atomic mass is 35.5. The van der Waals surface area contributed by atoms with Crippen LogP contribution in [0.25, 0.3) is 5.78 Å². The van der Waals surface area contributed by atoms with Crippen molar-refractivity contribution in [3.8, 4) is 0 Å². The number of fused-ring (bicyclic) bond motifs is 1. The van der Waals surface area contributed by atoms with Crippen LogP contribution in [-0.4, -0.2) is 19.6 Å². The van der Waals surface area contributed by atoms with E-state index in [-0.39, 0.29) is 17.2 Å². The molecule has 0 aliphatic rings. The van der Waals surface area contributed by atoms with Crippen LogP contribution in [0.1, 0.15) is 11.3 Å². The highest BCUT2D eigenvalue weighted by molar-refractivity contribution is 6.30. The number of nitrogens with one attached hydrogen (secondary N) is 3. The molecule has 2 aromatic carbocycles. The van der Waals surface area contributed by atoms with Gasteiger partial charge in [-0.05, 0) is 35.9 Å². The molecule has 28 heavy (non-hydrogen) atoms. The van der Waals surface area contributed by atoms with Crippen LogP contribution in [0.4, 0.5) is 16.0 Å². The van der Waals surface area contributed by atoms with Gasteiger partial charge < -0.3 is 10.6 Å². The maximum atomic E-state index is 13.0. The van der Waals surface area contributed by atoms with Crippen LogP contribution < -0.4 is 16.2 Å². The van der Waals surface area contributed by atoms with E-state index >= 15 is 0 Å². The molecule has 4 aromatic rings. The fourth-order valence-corrected chi connectivity index (χ4v) is 2.87. The number of nitrogens with zero attached hydrogens (tertiary/aromatic N) is 3. The molecular formula is C19H16ClFN6O. The zero-order valence-corrected chi connectivity index (χ0v) is 15.4. The van der Waals surface area contributed by atoms with Crippen molar-refractivity contribution < 1.29 is 4.39 Å². The number of H-pyrrole nitrogens is 1. The van der Waals surface area contributed by atoms with Gasteiger partial charge in [0.1, 0.15) is 5.82 Å². The summed E-state index contributed by atoms with van der Waals surface area (Å²) >= 11 is 5.97. The molecule has 0 amide bonds. The number of aromatic amines is 1. The van der Waals surface area contributed by atoms with Crippen LogP contribution in [0, 0.1) is 5.82 Å². The van der Waals surface area contributed by atoms with Crippen molar-refractivity contribution in [2.45, 2.75) is 13.1 Å². The Morgan fingerprint density at radius 1 is 1.04 bits per heavy atom. The van der Waals surface area contributed by atoms with Crippen molar-refractivity contribution in [3.05, 3.63) is 87.0 Å². The lowest BCUT2D eigenvalue weighted by Gasteiger charge is -2.05. The Morgan fingerprint density at radius 2 is 1.86 bits per heavy atom. The van der Waals surface area contributed by atoms with Crippen LogP contribution in [0.15, 0.2) is 59.4 Å². The zero-order valence-electron chi connectivity index (χ0n) is 14.6. The Balaban J connectivity index is 1.48. The number of rotatable bonds is 6. The fourth-order valence-electron chi connectivity index (χ4n) is 2.68. The van der Waals surface area contributed by atoms with Crippen LogP contribution in [-0.2, 0) is 13.1 Å². The first-order valence-corrected chi connectivity index (χ1v) is 8.91. The maximum Gasteiger partial charge on any atom is 0.274 e. The van der Waals surface area contributed by atoms with Crippen molar-refractivity contribution in [3.63, 3.8) is 0 Å². The number of halogens is 2. The first kappa shape index (κ1) is 18.0. The van der Waals surface area contributed by atoms with Crippen molar-refractivity contribution in [2.24, 2.45) is 0 Å². The highest BCUT2D eigenvalue weighted by Crippen LogP contribution is 2.15. The Labute approximate surface area is 164 Å². The molecule has 142 valence electrons. The van der Waals surface area contributed by atoms with E-state index in [1.807, 2.05) is 12.1 Å². The van der Waals surface area contributed by atoms with Gasteiger partial charge in [-0.25, -0.2) is 9.37 Å². The molecule has 0 atom stereocenters. The molecule has 0 fully saturated rings. The molecule has 4 rings (SSSR count). The lowest BCUT2D eigenvalue weighted by atomic mass is 10.2. The molecule has 0 aliphatic carbocycles. The van der Waals surface area contributed by atoms with E-state index in [1.54, 1.807) is 24.3 Å². The molecule has 0 bridgehead atoms. The maximum absolute atomic E-state index is 13.0. The third-order valence-electron chi connectivity index (χ3n) is 4.06. The normalized spacial score (nSPS) is 10.9. The number of anilines is 2. The molecule has 2 aromatic heterocycles. The summed E-state index contributed by atoms with van der Waals surface area (Å²) in [4.78, 5) is 21.0. The van der Waals surface area contributed by atoms with Crippen molar-refractivity contribution in [2.75, 3.05) is 10.6 Å². The topological polar surface area (TPSA) is 87.1 Å². The quantitative estimate of drug-likeness (QED) is 0.463. The second kappa shape index (κ2) is 7.69. The third-order valence-corrected chi connectivity index (χ3v) is 4.29. The zero-order chi connectivity index (χ0) is 19.5. The van der Waals surface area contributed by atoms with E-state index < -0.39 is 0 Å².